The standard InChI is InChI=1S/C27H40O3/c1-9-10-13-30-25-22(21-15-19(21)12-11-18(2)14-24(28)29)16-20(26(3,4)5)17-23(25)27(6,7)8/h11-12,14,16-17,19,21H,9-10,13,15H2,1-8H3,(H,28,29)/b12-11+,18-14+/t19?,21-/m0/s1. The second-order valence-electron chi connectivity index (χ2n) is 10.7. The molecule has 1 N–H and O–H groups in total. The monoisotopic (exact) mass is 412 g/mol. The third-order valence-corrected chi connectivity index (χ3v) is 5.73. The Kier molecular flexibility index (Phi) is 7.60. The number of allylic oxidation sites excluding steroid dienone is 3. The Balaban J connectivity index is 2.46. The zero-order valence-electron chi connectivity index (χ0n) is 20.1. The van der Waals surface area contributed by atoms with Gasteiger partial charge in [0.05, 0.1) is 6.61 Å². The maximum atomic E-state index is 10.9. The molecule has 2 rings (SSSR count). The number of carbonyl (C=O) groups is 1. The number of rotatable bonds is 8. The smallest absolute Gasteiger partial charge is 0.328 e. The van der Waals surface area contributed by atoms with Crippen LogP contribution in [0.2, 0.25) is 0 Å². The first kappa shape index (κ1) is 24.2. The minimum Gasteiger partial charge on any atom is -0.493 e. The number of hydrogen-bond donors (Lipinski definition) is 1. The molecule has 0 amide bonds. The molecule has 1 fully saturated rings. The average Bonchev–Trinajstić information content (AvgIpc) is 3.37. The minimum absolute atomic E-state index is 0.00139. The zero-order valence-corrected chi connectivity index (χ0v) is 20.1. The van der Waals surface area contributed by atoms with Gasteiger partial charge in [-0.15, -0.1) is 0 Å². The Morgan fingerprint density at radius 3 is 2.37 bits per heavy atom. The van der Waals surface area contributed by atoms with Gasteiger partial charge >= 0.3 is 5.97 Å². The number of benzene rings is 1. The van der Waals surface area contributed by atoms with Crippen molar-refractivity contribution in [1.29, 1.82) is 0 Å². The van der Waals surface area contributed by atoms with Crippen LogP contribution in [0.15, 0.2) is 35.9 Å². The highest BCUT2D eigenvalue weighted by Crippen LogP contribution is 2.54. The van der Waals surface area contributed by atoms with Crippen molar-refractivity contribution in [2.24, 2.45) is 5.92 Å². The minimum atomic E-state index is -0.899. The van der Waals surface area contributed by atoms with Crippen molar-refractivity contribution in [2.45, 2.75) is 91.4 Å². The number of aliphatic carboxylic acids is 1. The molecule has 0 bridgehead atoms. The molecule has 1 aliphatic rings. The Labute approximate surface area is 183 Å². The van der Waals surface area contributed by atoms with E-state index in [2.05, 4.69) is 66.7 Å². The van der Waals surface area contributed by atoms with Gasteiger partial charge in [-0.1, -0.05) is 79.2 Å². The van der Waals surface area contributed by atoms with Crippen LogP contribution in [0.3, 0.4) is 0 Å². The van der Waals surface area contributed by atoms with Crippen molar-refractivity contribution in [3.8, 4) is 5.75 Å². The molecule has 1 aliphatic carbocycles. The summed E-state index contributed by atoms with van der Waals surface area (Å²) >= 11 is 0. The van der Waals surface area contributed by atoms with E-state index in [1.54, 1.807) is 0 Å². The summed E-state index contributed by atoms with van der Waals surface area (Å²) in [4.78, 5) is 10.9. The summed E-state index contributed by atoms with van der Waals surface area (Å²) in [5.41, 5.74) is 4.79. The zero-order chi connectivity index (χ0) is 22.7. The molecular weight excluding hydrogens is 372 g/mol. The lowest BCUT2D eigenvalue weighted by molar-refractivity contribution is -0.131. The average molecular weight is 413 g/mol. The summed E-state index contributed by atoms with van der Waals surface area (Å²) in [5.74, 6) is 1.03. The second kappa shape index (κ2) is 9.41. The Bertz CT molecular complexity index is 816. The number of carboxylic acids is 1. The van der Waals surface area contributed by atoms with Crippen LogP contribution < -0.4 is 4.74 Å². The lowest BCUT2D eigenvalue weighted by atomic mass is 9.78. The molecule has 1 saturated carbocycles. The summed E-state index contributed by atoms with van der Waals surface area (Å²) in [6.45, 7) is 18.3. The van der Waals surface area contributed by atoms with Crippen LogP contribution >= 0.6 is 0 Å². The number of ether oxygens (including phenoxy) is 1. The quantitative estimate of drug-likeness (QED) is 0.280. The van der Waals surface area contributed by atoms with E-state index in [0.29, 0.717) is 11.8 Å². The van der Waals surface area contributed by atoms with E-state index < -0.39 is 5.97 Å². The van der Waals surface area contributed by atoms with Crippen LogP contribution in [0.25, 0.3) is 0 Å². The van der Waals surface area contributed by atoms with Crippen molar-refractivity contribution in [1.82, 2.24) is 0 Å². The van der Waals surface area contributed by atoms with Crippen molar-refractivity contribution in [3.05, 3.63) is 52.6 Å². The normalized spacial score (nSPS) is 19.9. The molecule has 0 aromatic heterocycles. The van der Waals surface area contributed by atoms with E-state index in [1.165, 1.54) is 22.8 Å². The fraction of sp³-hybridized carbons (Fsp3) is 0.593. The van der Waals surface area contributed by atoms with Gasteiger partial charge in [-0.25, -0.2) is 4.79 Å². The van der Waals surface area contributed by atoms with E-state index in [1.807, 2.05) is 13.0 Å². The van der Waals surface area contributed by atoms with Gasteiger partial charge in [0.2, 0.25) is 0 Å². The predicted molar refractivity (Wildman–Crippen MR) is 126 cm³/mol. The van der Waals surface area contributed by atoms with Crippen LogP contribution in [0.4, 0.5) is 0 Å². The number of hydrogen-bond acceptors (Lipinski definition) is 2. The summed E-state index contributed by atoms with van der Waals surface area (Å²) < 4.78 is 6.42. The second-order valence-corrected chi connectivity index (χ2v) is 10.7. The lowest BCUT2D eigenvalue weighted by Gasteiger charge is -2.29. The van der Waals surface area contributed by atoms with E-state index in [0.717, 1.165) is 37.2 Å². The summed E-state index contributed by atoms with van der Waals surface area (Å²) in [7, 11) is 0. The summed E-state index contributed by atoms with van der Waals surface area (Å²) in [6.07, 6.45) is 8.61. The first-order valence-electron chi connectivity index (χ1n) is 11.3. The molecule has 0 aliphatic heterocycles. The molecule has 0 saturated heterocycles. The van der Waals surface area contributed by atoms with Gasteiger partial charge in [0.25, 0.3) is 0 Å². The molecule has 1 aromatic carbocycles. The third kappa shape index (κ3) is 6.48. The fourth-order valence-corrected chi connectivity index (χ4v) is 3.70. The molecule has 30 heavy (non-hydrogen) atoms. The maximum absolute atomic E-state index is 10.9. The fourth-order valence-electron chi connectivity index (χ4n) is 3.70. The van der Waals surface area contributed by atoms with Gasteiger partial charge in [0.1, 0.15) is 5.75 Å². The molecule has 0 heterocycles. The van der Waals surface area contributed by atoms with Crippen molar-refractivity contribution in [3.63, 3.8) is 0 Å². The van der Waals surface area contributed by atoms with Gasteiger partial charge in [0.15, 0.2) is 0 Å². The van der Waals surface area contributed by atoms with Crippen molar-refractivity contribution in [2.75, 3.05) is 6.61 Å². The van der Waals surface area contributed by atoms with Crippen molar-refractivity contribution < 1.29 is 14.6 Å². The lowest BCUT2D eigenvalue weighted by Crippen LogP contribution is -2.19. The molecule has 3 nitrogen and oxygen atoms in total. The highest BCUT2D eigenvalue weighted by Gasteiger charge is 2.40. The Morgan fingerprint density at radius 1 is 1.17 bits per heavy atom. The van der Waals surface area contributed by atoms with E-state index in [4.69, 9.17) is 9.84 Å². The van der Waals surface area contributed by atoms with E-state index >= 15 is 0 Å². The molecule has 0 spiro atoms. The number of unbranched alkanes of at least 4 members (excludes halogenated alkanes) is 1. The Hall–Kier alpha value is -2.03. The molecular formula is C27H40O3. The molecule has 0 radical (unpaired) electrons. The maximum Gasteiger partial charge on any atom is 0.328 e. The SMILES string of the molecule is CCCCOc1c([C@H]2CC2/C=C/C(C)=C/C(=O)O)cc(C(C)(C)C)cc1C(C)(C)C. The third-order valence-electron chi connectivity index (χ3n) is 5.73. The highest BCUT2D eigenvalue weighted by molar-refractivity contribution is 5.81. The van der Waals surface area contributed by atoms with Crippen LogP contribution in [0.1, 0.15) is 97.3 Å². The van der Waals surface area contributed by atoms with Gasteiger partial charge < -0.3 is 9.84 Å². The van der Waals surface area contributed by atoms with E-state index in [-0.39, 0.29) is 10.8 Å². The molecule has 1 unspecified atom stereocenters. The number of carboxylic acid groups (broad SMARTS) is 1. The van der Waals surface area contributed by atoms with Gasteiger partial charge in [-0.3, -0.25) is 0 Å². The highest BCUT2D eigenvalue weighted by atomic mass is 16.5. The van der Waals surface area contributed by atoms with Crippen LogP contribution in [-0.2, 0) is 15.6 Å². The molecule has 1 aromatic rings. The van der Waals surface area contributed by atoms with Crippen molar-refractivity contribution >= 4 is 5.97 Å². The van der Waals surface area contributed by atoms with Crippen LogP contribution in [0, 0.1) is 5.92 Å². The molecule has 166 valence electrons. The summed E-state index contributed by atoms with van der Waals surface area (Å²) in [5, 5.41) is 8.92. The van der Waals surface area contributed by atoms with Crippen LogP contribution in [-0.4, -0.2) is 17.7 Å². The summed E-state index contributed by atoms with van der Waals surface area (Å²) in [6, 6.07) is 4.70. The first-order valence-corrected chi connectivity index (χ1v) is 11.3. The Morgan fingerprint density at radius 2 is 1.83 bits per heavy atom. The first-order chi connectivity index (χ1) is 13.8. The molecule has 2 atom stereocenters. The largest absolute Gasteiger partial charge is 0.493 e. The van der Waals surface area contributed by atoms with Crippen LogP contribution in [0.5, 0.6) is 5.75 Å². The van der Waals surface area contributed by atoms with Gasteiger partial charge in [-0.2, -0.15) is 0 Å². The predicted octanol–water partition coefficient (Wildman–Crippen LogP) is 7.15. The molecule has 3 heteroatoms. The van der Waals surface area contributed by atoms with E-state index in [9.17, 15) is 4.79 Å². The van der Waals surface area contributed by atoms with Gasteiger partial charge in [0, 0.05) is 11.6 Å². The van der Waals surface area contributed by atoms with Gasteiger partial charge in [-0.05, 0) is 59.1 Å². The topological polar surface area (TPSA) is 46.5 Å².